The maximum absolute atomic E-state index is 2.53. The van der Waals surface area contributed by atoms with Crippen molar-refractivity contribution in [1.29, 1.82) is 0 Å². The summed E-state index contributed by atoms with van der Waals surface area (Å²) >= 11 is 5.62. The number of fused-ring (bicyclic) bond motifs is 17. The zero-order valence-electron chi connectivity index (χ0n) is 67.8. The number of benzene rings is 23. The second kappa shape index (κ2) is 28.7. The molecule has 0 nitrogen and oxygen atoms in total. The number of thiophene rings is 3. The maximum Gasteiger partial charge on any atom is 0.0361 e. The molecule has 0 saturated carbocycles. The van der Waals surface area contributed by atoms with E-state index < -0.39 is 0 Å². The summed E-state index contributed by atoms with van der Waals surface area (Å²) in [6.07, 6.45) is 0. The standard InChI is InChI=1S/C122H72S3/c1-2-23-77(24-3-1)116-95-31-8-11-34-98(95)118(79-52-46-74(47-53-79)84-56-61-92-90-29-14-17-40-110(90)124-114(92)71-84)107-68-82(59-63-102(107)116)83-60-65-104-109(69-83)119(80-54-48-75(49-55-80)85-57-62-93-91-30-15-18-41-111(91)125-115(93)72-85)108-67-81(58-64-103(108)121(104)94-38-20-26-76-22-4-6-27-88(76)94)73-44-50-78(51-45-73)117-96-32-9-12-35-99(96)120(100-36-13-10-33-97(100)117)87-66-86-25-5-7-28-89(86)106(70-87)101-39-21-43-113-122(101)105-37-16-19-42-112(105)123-113/h1-72H. The number of rotatable bonds is 11. The van der Waals surface area contributed by atoms with Gasteiger partial charge in [-0.15, -0.1) is 34.0 Å². The molecule has 578 valence electrons. The molecule has 0 unspecified atom stereocenters. The Labute approximate surface area is 734 Å². The molecule has 0 radical (unpaired) electrons. The third-order valence-corrected chi connectivity index (χ3v) is 30.1. The van der Waals surface area contributed by atoms with Gasteiger partial charge in [0.15, 0.2) is 0 Å². The molecule has 23 aromatic carbocycles. The quantitative estimate of drug-likeness (QED) is 0.113. The summed E-state index contributed by atoms with van der Waals surface area (Å²) in [5.41, 5.74) is 26.4. The highest BCUT2D eigenvalue weighted by molar-refractivity contribution is 7.26. The van der Waals surface area contributed by atoms with Gasteiger partial charge >= 0.3 is 0 Å². The second-order valence-corrected chi connectivity index (χ2v) is 36.7. The van der Waals surface area contributed by atoms with Crippen LogP contribution in [0.3, 0.4) is 0 Å². The summed E-state index contributed by atoms with van der Waals surface area (Å²) in [4.78, 5) is 0. The molecule has 0 atom stereocenters. The Kier molecular flexibility index (Phi) is 16.4. The van der Waals surface area contributed by atoms with Crippen LogP contribution in [-0.4, -0.2) is 0 Å². The molecule has 26 rings (SSSR count). The topological polar surface area (TPSA) is 0 Å². The minimum atomic E-state index is 1.15. The van der Waals surface area contributed by atoms with Gasteiger partial charge < -0.3 is 0 Å². The fourth-order valence-corrected chi connectivity index (χ4v) is 24.4. The Morgan fingerprint density at radius 2 is 0.392 bits per heavy atom. The van der Waals surface area contributed by atoms with Gasteiger partial charge in [-0.3, -0.25) is 0 Å². The molecule has 0 aliphatic heterocycles. The first kappa shape index (κ1) is 71.5. The van der Waals surface area contributed by atoms with E-state index in [0.29, 0.717) is 0 Å². The fraction of sp³-hybridized carbons (Fsp3) is 0. The first-order valence-electron chi connectivity index (χ1n) is 43.1. The molecular weight excluding hydrogens is 1560 g/mol. The Bertz CT molecular complexity index is 8950. The maximum atomic E-state index is 2.53. The van der Waals surface area contributed by atoms with E-state index in [1.807, 2.05) is 34.0 Å². The second-order valence-electron chi connectivity index (χ2n) is 33.4. The van der Waals surface area contributed by atoms with Gasteiger partial charge in [0, 0.05) is 60.5 Å². The lowest BCUT2D eigenvalue weighted by atomic mass is 9.82. The van der Waals surface area contributed by atoms with Crippen LogP contribution in [0.2, 0.25) is 0 Å². The van der Waals surface area contributed by atoms with E-state index in [0.717, 1.165) is 27.8 Å². The number of hydrogen-bond donors (Lipinski definition) is 0. The smallest absolute Gasteiger partial charge is 0.0361 e. The molecule has 0 bridgehead atoms. The predicted molar refractivity (Wildman–Crippen MR) is 545 cm³/mol. The summed E-state index contributed by atoms with van der Waals surface area (Å²) < 4.78 is 7.84. The molecular formula is C122H72S3. The van der Waals surface area contributed by atoms with E-state index in [1.165, 1.54) is 241 Å². The van der Waals surface area contributed by atoms with Crippen molar-refractivity contribution in [3.8, 4) is 122 Å². The number of hydrogen-bond acceptors (Lipinski definition) is 3. The van der Waals surface area contributed by atoms with E-state index in [-0.39, 0.29) is 0 Å². The molecule has 125 heavy (non-hydrogen) atoms. The van der Waals surface area contributed by atoms with Crippen LogP contribution in [0.1, 0.15) is 0 Å². The molecule has 0 N–H and O–H groups in total. The highest BCUT2D eigenvalue weighted by atomic mass is 32.1. The SMILES string of the molecule is c1ccc(-c2c3ccccc3c(-c3ccc(-c4ccc5c(c4)sc4ccccc45)cc3)c3cc(-c4ccc5c(-c6cccc7ccccc67)c6ccc(-c7ccc(-c8c9ccccc9c(-c9cc(-c%10cccc%11sc%12ccccc%12c%10%11)c%10ccccc%10c9)c9ccccc89)cc7)cc6c(-c6ccc(-c7ccc8c(c7)sc7ccccc78)cc6)c5c4)ccc23)cc1. The zero-order chi connectivity index (χ0) is 81.9. The van der Waals surface area contributed by atoms with Crippen molar-refractivity contribution in [1.82, 2.24) is 0 Å². The van der Waals surface area contributed by atoms with Gasteiger partial charge in [0.1, 0.15) is 0 Å². The molecule has 0 amide bonds. The molecule has 0 aliphatic carbocycles. The summed E-state index contributed by atoms with van der Waals surface area (Å²) in [7, 11) is 0. The van der Waals surface area contributed by atoms with Gasteiger partial charge in [-0.25, -0.2) is 0 Å². The van der Waals surface area contributed by atoms with Gasteiger partial charge in [0.2, 0.25) is 0 Å². The molecule has 26 aromatic rings. The highest BCUT2D eigenvalue weighted by Gasteiger charge is 2.26. The molecule has 3 heteroatoms. The van der Waals surface area contributed by atoms with Crippen LogP contribution in [0.4, 0.5) is 0 Å². The largest absolute Gasteiger partial charge is 0.135 e. The Hall–Kier alpha value is -15.2. The minimum Gasteiger partial charge on any atom is -0.135 e. The van der Waals surface area contributed by atoms with Crippen molar-refractivity contribution in [2.45, 2.75) is 0 Å². The third-order valence-electron chi connectivity index (χ3n) is 26.6. The average molecular weight is 1630 g/mol. The summed E-state index contributed by atoms with van der Waals surface area (Å²) in [6.45, 7) is 0. The Morgan fingerprint density at radius 3 is 0.880 bits per heavy atom. The van der Waals surface area contributed by atoms with Gasteiger partial charge in [0.25, 0.3) is 0 Å². The van der Waals surface area contributed by atoms with Gasteiger partial charge in [0.05, 0.1) is 0 Å². The van der Waals surface area contributed by atoms with Crippen molar-refractivity contribution < 1.29 is 0 Å². The molecule has 0 saturated heterocycles. The van der Waals surface area contributed by atoms with Gasteiger partial charge in [-0.1, -0.05) is 370 Å². The molecule has 3 aromatic heterocycles. The molecule has 0 aliphatic rings. The van der Waals surface area contributed by atoms with Crippen molar-refractivity contribution in [3.05, 3.63) is 437 Å². The van der Waals surface area contributed by atoms with E-state index in [4.69, 9.17) is 0 Å². The fourth-order valence-electron chi connectivity index (χ4n) is 20.9. The van der Waals surface area contributed by atoms with Crippen LogP contribution in [-0.2, 0) is 0 Å². The summed E-state index contributed by atoms with van der Waals surface area (Å²) in [5, 5.41) is 27.3. The van der Waals surface area contributed by atoms with Crippen LogP contribution < -0.4 is 0 Å². The first-order valence-corrected chi connectivity index (χ1v) is 45.5. The average Bonchev–Trinajstić information content (AvgIpc) is 0.963. The minimum absolute atomic E-state index is 1.15. The molecule has 0 spiro atoms. The lowest BCUT2D eigenvalue weighted by molar-refractivity contribution is 1.61. The van der Waals surface area contributed by atoms with E-state index in [9.17, 15) is 0 Å². The van der Waals surface area contributed by atoms with E-state index >= 15 is 0 Å². The van der Waals surface area contributed by atoms with Gasteiger partial charge in [-0.05, 0) is 275 Å². The van der Waals surface area contributed by atoms with Crippen molar-refractivity contribution in [3.63, 3.8) is 0 Å². The van der Waals surface area contributed by atoms with Gasteiger partial charge in [-0.2, -0.15) is 0 Å². The van der Waals surface area contributed by atoms with Crippen LogP contribution in [0.15, 0.2) is 437 Å². The normalized spacial score (nSPS) is 12.0. The van der Waals surface area contributed by atoms with Crippen molar-refractivity contribution in [2.24, 2.45) is 0 Å². The first-order chi connectivity index (χ1) is 62.0. The predicted octanol–water partition coefficient (Wildman–Crippen LogP) is 36.4. The monoisotopic (exact) mass is 1630 g/mol. The summed E-state index contributed by atoms with van der Waals surface area (Å²) in [6, 6.07) is 166. The van der Waals surface area contributed by atoms with E-state index in [2.05, 4.69) is 437 Å². The lowest BCUT2D eigenvalue weighted by Gasteiger charge is -2.21. The van der Waals surface area contributed by atoms with E-state index in [1.54, 1.807) is 0 Å². The van der Waals surface area contributed by atoms with Crippen molar-refractivity contribution >= 4 is 181 Å². The highest BCUT2D eigenvalue weighted by Crippen LogP contribution is 2.54. The Morgan fingerprint density at radius 1 is 0.112 bits per heavy atom. The van der Waals surface area contributed by atoms with Crippen LogP contribution in [0.5, 0.6) is 0 Å². The molecule has 0 fully saturated rings. The lowest BCUT2D eigenvalue weighted by Crippen LogP contribution is -1.94. The van der Waals surface area contributed by atoms with Crippen LogP contribution in [0, 0.1) is 0 Å². The van der Waals surface area contributed by atoms with Crippen LogP contribution in [0.25, 0.3) is 269 Å². The summed E-state index contributed by atoms with van der Waals surface area (Å²) in [5.74, 6) is 0. The van der Waals surface area contributed by atoms with Crippen LogP contribution >= 0.6 is 34.0 Å². The third kappa shape index (κ3) is 11.5. The van der Waals surface area contributed by atoms with Crippen molar-refractivity contribution in [2.75, 3.05) is 0 Å². The zero-order valence-corrected chi connectivity index (χ0v) is 70.2. The Balaban J connectivity index is 0.663. The molecule has 3 heterocycles.